The second-order valence-corrected chi connectivity index (χ2v) is 4.83. The van der Waals surface area contributed by atoms with Crippen LogP contribution in [-0.2, 0) is 4.79 Å². The van der Waals surface area contributed by atoms with Crippen LogP contribution in [0.2, 0.25) is 0 Å². The van der Waals surface area contributed by atoms with Crippen molar-refractivity contribution >= 4 is 22.8 Å². The Balaban J connectivity index is 1.72. The number of fused-ring (bicyclic) bond motifs is 1. The zero-order valence-corrected chi connectivity index (χ0v) is 10.0. The Kier molecular flexibility index (Phi) is 2.47. The van der Waals surface area contributed by atoms with Crippen molar-refractivity contribution in [1.82, 2.24) is 4.98 Å². The monoisotopic (exact) mass is 246 g/mol. The molecule has 0 aliphatic heterocycles. The molecule has 2 atom stereocenters. The van der Waals surface area contributed by atoms with E-state index in [1.54, 1.807) is 0 Å². The van der Waals surface area contributed by atoms with Crippen molar-refractivity contribution in [1.29, 1.82) is 0 Å². The summed E-state index contributed by atoms with van der Waals surface area (Å²) >= 11 is 0. The Morgan fingerprint density at radius 3 is 3.17 bits per heavy atom. The van der Waals surface area contributed by atoms with E-state index in [1.165, 1.54) is 6.39 Å². The Morgan fingerprint density at radius 2 is 2.44 bits per heavy atom. The summed E-state index contributed by atoms with van der Waals surface area (Å²) in [6.07, 6.45) is 2.21. The molecule has 0 amide bonds. The molecule has 0 radical (unpaired) electrons. The number of carboxylic acid groups (broad SMARTS) is 1. The summed E-state index contributed by atoms with van der Waals surface area (Å²) in [5.41, 5.74) is 2.61. The second kappa shape index (κ2) is 4.01. The highest BCUT2D eigenvalue weighted by Crippen LogP contribution is 2.39. The minimum Gasteiger partial charge on any atom is -0.481 e. The van der Waals surface area contributed by atoms with E-state index in [-0.39, 0.29) is 11.8 Å². The van der Waals surface area contributed by atoms with Gasteiger partial charge in [-0.3, -0.25) is 4.79 Å². The molecule has 1 saturated carbocycles. The van der Waals surface area contributed by atoms with Gasteiger partial charge in [0, 0.05) is 25.3 Å². The zero-order chi connectivity index (χ0) is 12.7. The number of aliphatic carboxylic acids is 1. The van der Waals surface area contributed by atoms with Gasteiger partial charge < -0.3 is 14.4 Å². The van der Waals surface area contributed by atoms with E-state index < -0.39 is 5.97 Å². The van der Waals surface area contributed by atoms with Crippen molar-refractivity contribution < 1.29 is 14.3 Å². The fraction of sp³-hybridized carbons (Fsp3) is 0.385. The van der Waals surface area contributed by atoms with Gasteiger partial charge in [0.15, 0.2) is 12.0 Å². The third-order valence-corrected chi connectivity index (χ3v) is 3.50. The number of benzene rings is 1. The molecule has 1 N–H and O–H groups in total. The quantitative estimate of drug-likeness (QED) is 0.893. The van der Waals surface area contributed by atoms with Gasteiger partial charge in [0.25, 0.3) is 0 Å². The maximum Gasteiger partial charge on any atom is 0.306 e. The topological polar surface area (TPSA) is 66.6 Å². The number of nitrogens with zero attached hydrogens (tertiary/aromatic N) is 2. The molecular formula is C13H14N2O3. The molecule has 1 aliphatic carbocycles. The molecule has 94 valence electrons. The van der Waals surface area contributed by atoms with E-state index in [9.17, 15) is 4.79 Å². The molecule has 1 aliphatic rings. The van der Waals surface area contributed by atoms with Gasteiger partial charge in [-0.15, -0.1) is 0 Å². The molecule has 1 aromatic carbocycles. The molecular weight excluding hydrogens is 232 g/mol. The van der Waals surface area contributed by atoms with Gasteiger partial charge in [0.05, 0.1) is 5.92 Å². The van der Waals surface area contributed by atoms with Gasteiger partial charge in [-0.05, 0) is 24.5 Å². The Labute approximate surface area is 104 Å². The molecule has 3 rings (SSSR count). The summed E-state index contributed by atoms with van der Waals surface area (Å²) < 4.78 is 5.26. The normalized spacial score (nSPS) is 22.1. The van der Waals surface area contributed by atoms with Crippen LogP contribution in [0.1, 0.15) is 6.42 Å². The van der Waals surface area contributed by atoms with Crippen molar-refractivity contribution in [3.05, 3.63) is 24.6 Å². The third-order valence-electron chi connectivity index (χ3n) is 3.50. The van der Waals surface area contributed by atoms with Crippen molar-refractivity contribution in [2.24, 2.45) is 11.8 Å². The van der Waals surface area contributed by atoms with Crippen molar-refractivity contribution in [2.75, 3.05) is 18.5 Å². The Bertz CT molecular complexity index is 593. The molecule has 18 heavy (non-hydrogen) atoms. The van der Waals surface area contributed by atoms with Gasteiger partial charge in [-0.25, -0.2) is 4.98 Å². The highest BCUT2D eigenvalue weighted by molar-refractivity contribution is 5.77. The van der Waals surface area contributed by atoms with Crippen LogP contribution in [-0.4, -0.2) is 29.7 Å². The molecule has 1 fully saturated rings. The molecule has 0 bridgehead atoms. The summed E-state index contributed by atoms with van der Waals surface area (Å²) in [7, 11) is 1.97. The predicted molar refractivity (Wildman–Crippen MR) is 66.5 cm³/mol. The minimum atomic E-state index is -0.681. The zero-order valence-electron chi connectivity index (χ0n) is 10.0. The second-order valence-electron chi connectivity index (χ2n) is 4.83. The number of oxazole rings is 1. The number of aromatic nitrogens is 1. The van der Waals surface area contributed by atoms with Crippen LogP contribution in [0.4, 0.5) is 5.69 Å². The first kappa shape index (κ1) is 11.1. The van der Waals surface area contributed by atoms with Crippen LogP contribution in [0, 0.1) is 11.8 Å². The number of rotatable bonds is 4. The summed E-state index contributed by atoms with van der Waals surface area (Å²) in [5, 5.41) is 8.88. The van der Waals surface area contributed by atoms with Crippen LogP contribution in [0.5, 0.6) is 0 Å². The summed E-state index contributed by atoms with van der Waals surface area (Å²) in [5.74, 6) is -0.585. The van der Waals surface area contributed by atoms with Gasteiger partial charge in [-0.2, -0.15) is 0 Å². The van der Waals surface area contributed by atoms with E-state index in [2.05, 4.69) is 9.88 Å². The van der Waals surface area contributed by atoms with Crippen molar-refractivity contribution in [3.8, 4) is 0 Å². The van der Waals surface area contributed by atoms with E-state index in [0.29, 0.717) is 0 Å². The highest BCUT2D eigenvalue weighted by atomic mass is 16.4. The Morgan fingerprint density at radius 1 is 1.61 bits per heavy atom. The average Bonchev–Trinajstić information content (AvgIpc) is 2.96. The first-order valence-electron chi connectivity index (χ1n) is 5.92. The fourth-order valence-electron chi connectivity index (χ4n) is 2.29. The van der Waals surface area contributed by atoms with E-state index in [4.69, 9.17) is 9.52 Å². The van der Waals surface area contributed by atoms with Crippen molar-refractivity contribution in [3.63, 3.8) is 0 Å². The van der Waals surface area contributed by atoms with Crippen LogP contribution in [0.3, 0.4) is 0 Å². The molecule has 0 spiro atoms. The SMILES string of the molecule is CN(CC1CC1C(=O)O)c1ccc2ncoc2c1. The number of carbonyl (C=O) groups is 1. The maximum atomic E-state index is 10.8. The maximum absolute atomic E-state index is 10.8. The molecule has 0 saturated heterocycles. The fourth-order valence-corrected chi connectivity index (χ4v) is 2.29. The number of anilines is 1. The summed E-state index contributed by atoms with van der Waals surface area (Å²) in [6.45, 7) is 0.761. The summed E-state index contributed by atoms with van der Waals surface area (Å²) in [6, 6.07) is 5.82. The first-order valence-corrected chi connectivity index (χ1v) is 5.92. The largest absolute Gasteiger partial charge is 0.481 e. The van der Waals surface area contributed by atoms with Crippen LogP contribution in [0.15, 0.2) is 29.0 Å². The van der Waals surface area contributed by atoms with Crippen LogP contribution in [0.25, 0.3) is 11.1 Å². The lowest BCUT2D eigenvalue weighted by molar-refractivity contribution is -0.138. The predicted octanol–water partition coefficient (Wildman–Crippen LogP) is 1.98. The molecule has 1 aromatic heterocycles. The minimum absolute atomic E-state index is 0.165. The lowest BCUT2D eigenvalue weighted by atomic mass is 10.2. The lowest BCUT2D eigenvalue weighted by Crippen LogP contribution is -2.21. The summed E-state index contributed by atoms with van der Waals surface area (Å²) in [4.78, 5) is 16.9. The molecule has 2 aromatic rings. The van der Waals surface area contributed by atoms with Gasteiger partial charge in [-0.1, -0.05) is 0 Å². The Hall–Kier alpha value is -2.04. The number of hydrogen-bond acceptors (Lipinski definition) is 4. The smallest absolute Gasteiger partial charge is 0.306 e. The number of hydrogen-bond donors (Lipinski definition) is 1. The molecule has 1 heterocycles. The van der Waals surface area contributed by atoms with Crippen LogP contribution >= 0.6 is 0 Å². The van der Waals surface area contributed by atoms with Crippen molar-refractivity contribution in [2.45, 2.75) is 6.42 Å². The van der Waals surface area contributed by atoms with Gasteiger partial charge in [0.2, 0.25) is 0 Å². The lowest BCUT2D eigenvalue weighted by Gasteiger charge is -2.18. The van der Waals surface area contributed by atoms with E-state index >= 15 is 0 Å². The van der Waals surface area contributed by atoms with Crippen LogP contribution < -0.4 is 4.90 Å². The van der Waals surface area contributed by atoms with Gasteiger partial charge >= 0.3 is 5.97 Å². The number of carboxylic acids is 1. The standard InChI is InChI=1S/C13H14N2O3/c1-15(6-8-4-10(8)13(16)17)9-2-3-11-12(5-9)18-7-14-11/h2-3,5,7-8,10H,4,6H2,1H3,(H,16,17). The highest BCUT2D eigenvalue weighted by Gasteiger charge is 2.43. The first-order chi connectivity index (χ1) is 8.65. The van der Waals surface area contributed by atoms with Gasteiger partial charge in [0.1, 0.15) is 5.52 Å². The molecule has 5 nitrogen and oxygen atoms in total. The molecule has 5 heteroatoms. The average molecular weight is 246 g/mol. The molecule has 2 unspecified atom stereocenters. The van der Waals surface area contributed by atoms with E-state index in [0.717, 1.165) is 29.8 Å². The van der Waals surface area contributed by atoms with E-state index in [1.807, 2.05) is 25.2 Å². The third kappa shape index (κ3) is 1.92.